The highest BCUT2D eigenvalue weighted by Gasteiger charge is 2.60. The molecule has 1 N–H and O–H groups in total. The monoisotopic (exact) mass is 542 g/mol. The minimum atomic E-state index is -1.71. The average molecular weight is 544 g/mol. The standard InChI is InChI=1S/C25H20BrClN2O5/c1-12-9-13(29-16-7-6-15(26)14-5-4-8-28-22(14)16)10-19(30)25(12)24(31)20-17(32-2)11-18(33-3)21(27)23(20)34-25/h4-8,10-12,29H,9H2,1-3H3/t12-,25+/m1/s1. The van der Waals surface area contributed by atoms with Crippen LogP contribution < -0.4 is 19.5 Å². The molecule has 1 aromatic heterocycles. The number of nitrogens with one attached hydrogen (secondary N) is 1. The van der Waals surface area contributed by atoms with Crippen LogP contribution in [0.25, 0.3) is 10.9 Å². The number of pyridine rings is 1. The maximum Gasteiger partial charge on any atom is 0.236 e. The van der Waals surface area contributed by atoms with E-state index in [4.69, 9.17) is 25.8 Å². The number of fused-ring (bicyclic) bond motifs is 2. The fourth-order valence-electron chi connectivity index (χ4n) is 4.63. The van der Waals surface area contributed by atoms with E-state index in [1.54, 1.807) is 6.20 Å². The molecule has 0 bridgehead atoms. The Bertz CT molecular complexity index is 1410. The summed E-state index contributed by atoms with van der Waals surface area (Å²) in [4.78, 5) is 31.6. The third-order valence-electron chi connectivity index (χ3n) is 6.32. The van der Waals surface area contributed by atoms with Gasteiger partial charge in [-0.2, -0.15) is 0 Å². The number of ether oxygens (including phenoxy) is 3. The molecule has 3 aromatic rings. The molecule has 2 atom stereocenters. The van der Waals surface area contributed by atoms with E-state index in [0.717, 1.165) is 21.1 Å². The van der Waals surface area contributed by atoms with E-state index in [0.29, 0.717) is 17.9 Å². The molecule has 0 saturated carbocycles. The second kappa shape index (κ2) is 8.29. The number of allylic oxidation sites excluding steroid dienone is 1. The Morgan fingerprint density at radius 1 is 1.21 bits per heavy atom. The molecule has 0 radical (unpaired) electrons. The van der Waals surface area contributed by atoms with Gasteiger partial charge in [0.1, 0.15) is 22.1 Å². The lowest BCUT2D eigenvalue weighted by Gasteiger charge is -2.35. The van der Waals surface area contributed by atoms with Crippen LogP contribution in [0.15, 0.2) is 52.8 Å². The minimum Gasteiger partial charge on any atom is -0.496 e. The second-order valence-electron chi connectivity index (χ2n) is 8.22. The van der Waals surface area contributed by atoms with E-state index in [1.165, 1.54) is 26.4 Å². The summed E-state index contributed by atoms with van der Waals surface area (Å²) in [5.41, 5.74) is 0.637. The predicted molar refractivity (Wildman–Crippen MR) is 132 cm³/mol. The fraction of sp³-hybridized carbons (Fsp3) is 0.240. The van der Waals surface area contributed by atoms with Crippen LogP contribution in [-0.4, -0.2) is 36.4 Å². The summed E-state index contributed by atoms with van der Waals surface area (Å²) in [5, 5.41) is 4.40. The van der Waals surface area contributed by atoms with Crippen LogP contribution in [0.5, 0.6) is 17.2 Å². The normalized spacial score (nSPS) is 21.3. The summed E-state index contributed by atoms with van der Waals surface area (Å²) in [5.74, 6) is -0.748. The van der Waals surface area contributed by atoms with E-state index < -0.39 is 23.1 Å². The number of rotatable bonds is 4. The SMILES string of the molecule is COc1cc(OC)c2c(c1Cl)O[C@@]1(C(=O)C=C(Nc3ccc(Br)c4cccnc34)C[C@H]1C)C2=O. The molecule has 1 aliphatic heterocycles. The van der Waals surface area contributed by atoms with Gasteiger partial charge in [-0.25, -0.2) is 0 Å². The highest BCUT2D eigenvalue weighted by molar-refractivity contribution is 9.10. The zero-order valence-electron chi connectivity index (χ0n) is 18.6. The Balaban J connectivity index is 1.53. The van der Waals surface area contributed by atoms with Crippen LogP contribution in [0.4, 0.5) is 5.69 Å². The first kappa shape index (κ1) is 22.7. The summed E-state index contributed by atoms with van der Waals surface area (Å²) in [6, 6.07) is 9.16. The van der Waals surface area contributed by atoms with Crippen molar-refractivity contribution in [2.24, 2.45) is 5.92 Å². The predicted octanol–water partition coefficient (Wildman–Crippen LogP) is 5.59. The van der Waals surface area contributed by atoms with Gasteiger partial charge in [0.25, 0.3) is 0 Å². The Labute approximate surface area is 209 Å². The number of hydrogen-bond donors (Lipinski definition) is 1. The number of carbonyl (C=O) groups excluding carboxylic acids is 2. The van der Waals surface area contributed by atoms with Crippen LogP contribution in [0.2, 0.25) is 5.02 Å². The van der Waals surface area contributed by atoms with Gasteiger partial charge in [0, 0.05) is 39.8 Å². The molecule has 0 saturated heterocycles. The van der Waals surface area contributed by atoms with Crippen molar-refractivity contribution in [2.75, 3.05) is 19.5 Å². The molecule has 0 amide bonds. The van der Waals surface area contributed by atoms with Gasteiger partial charge in [-0.1, -0.05) is 40.5 Å². The maximum absolute atomic E-state index is 13.6. The van der Waals surface area contributed by atoms with Crippen molar-refractivity contribution in [3.05, 3.63) is 63.4 Å². The van der Waals surface area contributed by atoms with Crippen LogP contribution in [0.1, 0.15) is 23.7 Å². The van der Waals surface area contributed by atoms with Gasteiger partial charge in [-0.3, -0.25) is 14.6 Å². The van der Waals surface area contributed by atoms with Crippen molar-refractivity contribution in [3.8, 4) is 17.2 Å². The summed E-state index contributed by atoms with van der Waals surface area (Å²) in [7, 11) is 2.89. The van der Waals surface area contributed by atoms with Crippen LogP contribution >= 0.6 is 27.5 Å². The summed E-state index contributed by atoms with van der Waals surface area (Å²) in [6.45, 7) is 1.81. The molecule has 2 heterocycles. The quantitative estimate of drug-likeness (QED) is 0.430. The molecule has 2 aliphatic rings. The number of Topliss-reactive ketones (excluding diaryl/α,β-unsaturated/α-hetero) is 1. The number of aromatic nitrogens is 1. The number of halogens is 2. The number of methoxy groups -OCH3 is 2. The summed E-state index contributed by atoms with van der Waals surface area (Å²) >= 11 is 9.99. The second-order valence-corrected chi connectivity index (χ2v) is 9.46. The molecular formula is C25H20BrClN2O5. The molecular weight excluding hydrogens is 524 g/mol. The first-order valence-corrected chi connectivity index (χ1v) is 11.7. The molecule has 1 aliphatic carbocycles. The number of benzene rings is 2. The number of hydrogen-bond acceptors (Lipinski definition) is 7. The Hall–Kier alpha value is -3.10. The minimum absolute atomic E-state index is 0.107. The van der Waals surface area contributed by atoms with E-state index in [1.807, 2.05) is 31.2 Å². The number of anilines is 1. The molecule has 7 nitrogen and oxygen atoms in total. The van der Waals surface area contributed by atoms with Crippen molar-refractivity contribution in [2.45, 2.75) is 18.9 Å². The van der Waals surface area contributed by atoms with Gasteiger partial charge in [0.05, 0.1) is 25.4 Å². The molecule has 1 spiro atoms. The van der Waals surface area contributed by atoms with E-state index >= 15 is 0 Å². The average Bonchev–Trinajstić information content (AvgIpc) is 3.15. The highest BCUT2D eigenvalue weighted by atomic mass is 79.9. The molecule has 9 heteroatoms. The third-order valence-corrected chi connectivity index (χ3v) is 7.37. The van der Waals surface area contributed by atoms with Gasteiger partial charge in [0.2, 0.25) is 17.2 Å². The van der Waals surface area contributed by atoms with Gasteiger partial charge in [-0.05, 0) is 24.6 Å². The van der Waals surface area contributed by atoms with Gasteiger partial charge >= 0.3 is 0 Å². The van der Waals surface area contributed by atoms with Crippen LogP contribution in [0, 0.1) is 5.92 Å². The fourth-order valence-corrected chi connectivity index (χ4v) is 5.34. The van der Waals surface area contributed by atoms with Crippen LogP contribution in [-0.2, 0) is 4.79 Å². The van der Waals surface area contributed by atoms with E-state index in [-0.39, 0.29) is 22.1 Å². The summed E-state index contributed by atoms with van der Waals surface area (Å²) < 4.78 is 17.7. The Morgan fingerprint density at radius 3 is 2.68 bits per heavy atom. The van der Waals surface area contributed by atoms with Gasteiger partial charge in [0.15, 0.2) is 5.75 Å². The third kappa shape index (κ3) is 3.20. The van der Waals surface area contributed by atoms with Crippen molar-refractivity contribution < 1.29 is 23.8 Å². The lowest BCUT2D eigenvalue weighted by Crippen LogP contribution is -2.55. The van der Waals surface area contributed by atoms with Crippen molar-refractivity contribution in [1.82, 2.24) is 4.98 Å². The molecule has 2 aromatic carbocycles. The molecule has 0 fully saturated rings. The summed E-state index contributed by atoms with van der Waals surface area (Å²) in [6.07, 6.45) is 3.54. The van der Waals surface area contributed by atoms with Gasteiger partial charge in [-0.15, -0.1) is 0 Å². The van der Waals surface area contributed by atoms with Crippen molar-refractivity contribution >= 4 is 55.7 Å². The molecule has 174 valence electrons. The molecule has 34 heavy (non-hydrogen) atoms. The largest absolute Gasteiger partial charge is 0.496 e. The van der Waals surface area contributed by atoms with Crippen molar-refractivity contribution in [1.29, 1.82) is 0 Å². The first-order valence-electron chi connectivity index (χ1n) is 10.5. The number of carbonyl (C=O) groups is 2. The smallest absolute Gasteiger partial charge is 0.236 e. The van der Waals surface area contributed by atoms with Gasteiger partial charge < -0.3 is 19.5 Å². The lowest BCUT2D eigenvalue weighted by molar-refractivity contribution is -0.129. The highest BCUT2D eigenvalue weighted by Crippen LogP contribution is 2.53. The zero-order chi connectivity index (χ0) is 24.2. The zero-order valence-corrected chi connectivity index (χ0v) is 20.9. The Kier molecular flexibility index (Phi) is 5.53. The molecule has 5 rings (SSSR count). The van der Waals surface area contributed by atoms with E-state index in [2.05, 4.69) is 26.2 Å². The maximum atomic E-state index is 13.6. The lowest BCUT2D eigenvalue weighted by atomic mass is 9.74. The van der Waals surface area contributed by atoms with Crippen molar-refractivity contribution in [3.63, 3.8) is 0 Å². The van der Waals surface area contributed by atoms with Crippen LogP contribution in [0.3, 0.4) is 0 Å². The topological polar surface area (TPSA) is 86.8 Å². The van der Waals surface area contributed by atoms with E-state index in [9.17, 15) is 9.59 Å². The molecule has 0 unspecified atom stereocenters. The number of nitrogens with zero attached hydrogens (tertiary/aromatic N) is 1. The first-order chi connectivity index (χ1) is 16.3. The number of ketones is 2. The Morgan fingerprint density at radius 2 is 1.97 bits per heavy atom.